The lowest BCUT2D eigenvalue weighted by Crippen LogP contribution is -1.84. The van der Waals surface area contributed by atoms with Gasteiger partial charge in [-0.2, -0.15) is 0 Å². The fourth-order valence-corrected chi connectivity index (χ4v) is 1.61. The highest BCUT2D eigenvalue weighted by Crippen LogP contribution is 2.25. The van der Waals surface area contributed by atoms with Gasteiger partial charge in [-0.25, -0.2) is 0 Å². The van der Waals surface area contributed by atoms with Crippen LogP contribution in [0, 0.1) is 5.92 Å². The predicted octanol–water partition coefficient (Wildman–Crippen LogP) is 3.53. The molecule has 0 nitrogen and oxygen atoms in total. The van der Waals surface area contributed by atoms with Crippen LogP contribution in [0.1, 0.15) is 45.4 Å². The molecule has 0 bridgehead atoms. The maximum Gasteiger partial charge on any atom is -0.0234 e. The third kappa shape index (κ3) is 2.55. The molecule has 0 aromatic rings. The Morgan fingerprint density at radius 1 is 1.30 bits per heavy atom. The molecule has 0 spiro atoms. The molecule has 0 radical (unpaired) electrons. The molecule has 0 unspecified atom stereocenters. The minimum atomic E-state index is 0.937. The van der Waals surface area contributed by atoms with E-state index >= 15 is 0 Å². The van der Waals surface area contributed by atoms with Crippen LogP contribution in [0.25, 0.3) is 0 Å². The molecule has 1 fully saturated rings. The second-order valence-electron chi connectivity index (χ2n) is 3.26. The minimum Gasteiger partial charge on any atom is -0.0883 e. The highest BCUT2D eigenvalue weighted by Gasteiger charge is 2.10. The van der Waals surface area contributed by atoms with Crippen molar-refractivity contribution in [1.82, 2.24) is 0 Å². The molecule has 0 saturated heterocycles. The van der Waals surface area contributed by atoms with Gasteiger partial charge in [0.1, 0.15) is 0 Å². The standard InChI is InChI=1S/C10H18/c1-2-3-4-7-10-8-5-6-9-10/h4,7,10H,2-3,5-6,8-9H2,1H3/b7-4+. The van der Waals surface area contributed by atoms with Crippen LogP contribution in [0.2, 0.25) is 0 Å². The molecule has 0 aromatic heterocycles. The van der Waals surface area contributed by atoms with Gasteiger partial charge in [0.05, 0.1) is 0 Å². The van der Waals surface area contributed by atoms with Gasteiger partial charge in [-0.3, -0.25) is 0 Å². The van der Waals surface area contributed by atoms with Gasteiger partial charge in [0.15, 0.2) is 0 Å². The zero-order valence-corrected chi connectivity index (χ0v) is 6.97. The summed E-state index contributed by atoms with van der Waals surface area (Å²) in [5, 5.41) is 0. The van der Waals surface area contributed by atoms with E-state index in [2.05, 4.69) is 19.1 Å². The van der Waals surface area contributed by atoms with Crippen molar-refractivity contribution < 1.29 is 0 Å². The van der Waals surface area contributed by atoms with E-state index in [1.54, 1.807) is 0 Å². The van der Waals surface area contributed by atoms with Gasteiger partial charge in [0.2, 0.25) is 0 Å². The molecule has 0 amide bonds. The van der Waals surface area contributed by atoms with Crippen molar-refractivity contribution in [2.75, 3.05) is 0 Å². The zero-order valence-electron chi connectivity index (χ0n) is 6.97. The maximum atomic E-state index is 2.43. The molecule has 1 aliphatic rings. The van der Waals surface area contributed by atoms with Crippen LogP contribution < -0.4 is 0 Å². The molecule has 1 aliphatic carbocycles. The van der Waals surface area contributed by atoms with Crippen LogP contribution in [0.3, 0.4) is 0 Å². The van der Waals surface area contributed by atoms with Crippen molar-refractivity contribution in [3.05, 3.63) is 12.2 Å². The van der Waals surface area contributed by atoms with Gasteiger partial charge in [-0.05, 0) is 25.2 Å². The molecule has 0 heteroatoms. The monoisotopic (exact) mass is 138 g/mol. The first-order valence-corrected chi connectivity index (χ1v) is 4.60. The van der Waals surface area contributed by atoms with Crippen LogP contribution in [-0.2, 0) is 0 Å². The molecular formula is C10H18. The molecule has 1 saturated carbocycles. The Hall–Kier alpha value is -0.260. The molecule has 0 atom stereocenters. The highest BCUT2D eigenvalue weighted by molar-refractivity contribution is 4.90. The molecule has 10 heavy (non-hydrogen) atoms. The topological polar surface area (TPSA) is 0 Å². The van der Waals surface area contributed by atoms with E-state index in [1.165, 1.54) is 38.5 Å². The lowest BCUT2D eigenvalue weighted by atomic mass is 10.1. The fraction of sp³-hybridized carbons (Fsp3) is 0.800. The smallest absolute Gasteiger partial charge is 0.0234 e. The van der Waals surface area contributed by atoms with Gasteiger partial charge in [0.25, 0.3) is 0 Å². The Morgan fingerprint density at radius 3 is 2.60 bits per heavy atom. The Kier molecular flexibility index (Phi) is 3.56. The van der Waals surface area contributed by atoms with E-state index in [9.17, 15) is 0 Å². The van der Waals surface area contributed by atoms with E-state index in [1.807, 2.05) is 0 Å². The molecule has 0 aromatic carbocycles. The number of rotatable bonds is 3. The van der Waals surface area contributed by atoms with Crippen molar-refractivity contribution >= 4 is 0 Å². The number of allylic oxidation sites excluding steroid dienone is 2. The second-order valence-corrected chi connectivity index (χ2v) is 3.26. The van der Waals surface area contributed by atoms with E-state index in [0.29, 0.717) is 0 Å². The van der Waals surface area contributed by atoms with Gasteiger partial charge in [0, 0.05) is 0 Å². The first-order chi connectivity index (χ1) is 4.93. The van der Waals surface area contributed by atoms with E-state index < -0.39 is 0 Å². The van der Waals surface area contributed by atoms with Crippen molar-refractivity contribution in [3.63, 3.8) is 0 Å². The quantitative estimate of drug-likeness (QED) is 0.523. The summed E-state index contributed by atoms with van der Waals surface area (Å²) >= 11 is 0. The largest absolute Gasteiger partial charge is 0.0883 e. The normalized spacial score (nSPS) is 20.9. The molecule has 1 rings (SSSR count). The summed E-state index contributed by atoms with van der Waals surface area (Å²) in [7, 11) is 0. The van der Waals surface area contributed by atoms with Crippen molar-refractivity contribution in [3.8, 4) is 0 Å². The van der Waals surface area contributed by atoms with E-state index in [0.717, 1.165) is 5.92 Å². The van der Waals surface area contributed by atoms with E-state index in [4.69, 9.17) is 0 Å². The molecule has 58 valence electrons. The lowest BCUT2D eigenvalue weighted by Gasteiger charge is -1.98. The number of unbranched alkanes of at least 4 members (excludes halogenated alkanes) is 1. The van der Waals surface area contributed by atoms with Crippen LogP contribution in [0.15, 0.2) is 12.2 Å². The Balaban J connectivity index is 2.10. The summed E-state index contributed by atoms with van der Waals surface area (Å²) in [6.45, 7) is 2.24. The molecule has 0 aliphatic heterocycles. The van der Waals surface area contributed by atoms with Gasteiger partial charge in [-0.1, -0.05) is 38.3 Å². The molecule has 0 N–H and O–H groups in total. The first kappa shape index (κ1) is 7.84. The minimum absolute atomic E-state index is 0.937. The van der Waals surface area contributed by atoms with Crippen LogP contribution in [0.5, 0.6) is 0 Å². The summed E-state index contributed by atoms with van der Waals surface area (Å²) in [5.41, 5.74) is 0. The predicted molar refractivity (Wildman–Crippen MR) is 46.0 cm³/mol. The van der Waals surface area contributed by atoms with Crippen LogP contribution >= 0.6 is 0 Å². The molecule has 0 heterocycles. The summed E-state index contributed by atoms with van der Waals surface area (Å²) < 4.78 is 0. The number of hydrogen-bond acceptors (Lipinski definition) is 0. The Labute approximate surface area is 64.3 Å². The third-order valence-electron chi connectivity index (χ3n) is 2.26. The van der Waals surface area contributed by atoms with Gasteiger partial charge < -0.3 is 0 Å². The van der Waals surface area contributed by atoms with Crippen LogP contribution in [0.4, 0.5) is 0 Å². The van der Waals surface area contributed by atoms with Crippen LogP contribution in [-0.4, -0.2) is 0 Å². The Bertz CT molecular complexity index is 96.6. The summed E-state index contributed by atoms with van der Waals surface area (Å²) in [5.74, 6) is 0.937. The summed E-state index contributed by atoms with van der Waals surface area (Å²) in [6, 6.07) is 0. The zero-order chi connectivity index (χ0) is 7.23. The average Bonchev–Trinajstić information content (AvgIpc) is 2.41. The van der Waals surface area contributed by atoms with Gasteiger partial charge >= 0.3 is 0 Å². The average molecular weight is 138 g/mol. The molecular weight excluding hydrogens is 120 g/mol. The third-order valence-corrected chi connectivity index (χ3v) is 2.26. The van der Waals surface area contributed by atoms with E-state index in [-0.39, 0.29) is 0 Å². The first-order valence-electron chi connectivity index (χ1n) is 4.60. The summed E-state index contributed by atoms with van der Waals surface area (Å²) in [4.78, 5) is 0. The van der Waals surface area contributed by atoms with Crippen molar-refractivity contribution in [2.24, 2.45) is 5.92 Å². The van der Waals surface area contributed by atoms with Gasteiger partial charge in [-0.15, -0.1) is 0 Å². The Morgan fingerprint density at radius 2 is 2.00 bits per heavy atom. The second kappa shape index (κ2) is 4.54. The van der Waals surface area contributed by atoms with Crippen molar-refractivity contribution in [2.45, 2.75) is 45.4 Å². The lowest BCUT2D eigenvalue weighted by molar-refractivity contribution is 0.682. The fourth-order valence-electron chi connectivity index (χ4n) is 1.61. The van der Waals surface area contributed by atoms with Crippen molar-refractivity contribution in [1.29, 1.82) is 0 Å². The SMILES string of the molecule is CCC/C=C/C1CCCC1. The summed E-state index contributed by atoms with van der Waals surface area (Å²) in [6.07, 6.45) is 13.2. The highest BCUT2D eigenvalue weighted by atomic mass is 14.2. The maximum absolute atomic E-state index is 2.43. The number of hydrogen-bond donors (Lipinski definition) is 0.